The van der Waals surface area contributed by atoms with Crippen molar-refractivity contribution in [3.8, 4) is 5.75 Å². The Morgan fingerprint density at radius 1 is 1.11 bits per heavy atom. The zero-order valence-electron chi connectivity index (χ0n) is 14.9. The molecule has 3 aromatic rings. The first-order valence-corrected chi connectivity index (χ1v) is 8.54. The highest BCUT2D eigenvalue weighted by molar-refractivity contribution is 6.03. The third kappa shape index (κ3) is 5.04. The summed E-state index contributed by atoms with van der Waals surface area (Å²) in [6.45, 7) is 0.686. The minimum atomic E-state index is -0.488. The summed E-state index contributed by atoms with van der Waals surface area (Å²) in [6.07, 6.45) is 2.35. The van der Waals surface area contributed by atoms with E-state index in [9.17, 15) is 9.18 Å². The Kier molecular flexibility index (Phi) is 5.99. The summed E-state index contributed by atoms with van der Waals surface area (Å²) < 4.78 is 18.9. The molecule has 1 amide bonds. The van der Waals surface area contributed by atoms with Gasteiger partial charge in [-0.15, -0.1) is 0 Å². The van der Waals surface area contributed by atoms with Crippen molar-refractivity contribution >= 4 is 17.3 Å². The Balaban J connectivity index is 1.59. The molecule has 0 atom stereocenters. The van der Waals surface area contributed by atoms with Crippen LogP contribution in [0.25, 0.3) is 0 Å². The lowest BCUT2D eigenvalue weighted by Crippen LogP contribution is -2.15. The van der Waals surface area contributed by atoms with Gasteiger partial charge in [0, 0.05) is 18.4 Å². The lowest BCUT2D eigenvalue weighted by atomic mass is 10.1. The van der Waals surface area contributed by atoms with E-state index >= 15 is 0 Å². The molecule has 0 bridgehead atoms. The lowest BCUT2D eigenvalue weighted by molar-refractivity contribution is 0.102. The summed E-state index contributed by atoms with van der Waals surface area (Å²) in [5.74, 6) is -0.126. The van der Waals surface area contributed by atoms with Crippen LogP contribution in [0.1, 0.15) is 16.1 Å². The molecule has 1 aromatic heterocycles. The van der Waals surface area contributed by atoms with E-state index in [0.717, 1.165) is 23.4 Å². The SMILES string of the molecule is COc1cccc(CCNc2ccnc(C(=O)Nc3ccccc3F)c2)c1. The van der Waals surface area contributed by atoms with Crippen LogP contribution >= 0.6 is 0 Å². The molecule has 27 heavy (non-hydrogen) atoms. The second-order valence-electron chi connectivity index (χ2n) is 5.89. The van der Waals surface area contributed by atoms with Crippen molar-refractivity contribution < 1.29 is 13.9 Å². The van der Waals surface area contributed by atoms with Crippen LogP contribution in [-0.2, 0) is 6.42 Å². The highest BCUT2D eigenvalue weighted by Crippen LogP contribution is 2.16. The van der Waals surface area contributed by atoms with Gasteiger partial charge in [-0.1, -0.05) is 24.3 Å². The number of carbonyl (C=O) groups excluding carboxylic acids is 1. The maximum atomic E-state index is 13.7. The molecular weight excluding hydrogens is 345 g/mol. The second kappa shape index (κ2) is 8.80. The van der Waals surface area contributed by atoms with Gasteiger partial charge in [-0.3, -0.25) is 9.78 Å². The van der Waals surface area contributed by atoms with Gasteiger partial charge in [-0.05, 0) is 48.4 Å². The van der Waals surface area contributed by atoms with Crippen molar-refractivity contribution in [1.29, 1.82) is 0 Å². The average molecular weight is 365 g/mol. The summed E-state index contributed by atoms with van der Waals surface area (Å²) in [5, 5.41) is 5.80. The van der Waals surface area contributed by atoms with Crippen molar-refractivity contribution in [1.82, 2.24) is 4.98 Å². The van der Waals surface area contributed by atoms with Crippen LogP contribution in [0.3, 0.4) is 0 Å². The number of hydrogen-bond acceptors (Lipinski definition) is 4. The summed E-state index contributed by atoms with van der Waals surface area (Å²) in [4.78, 5) is 16.4. The van der Waals surface area contributed by atoms with E-state index in [4.69, 9.17) is 4.74 Å². The molecule has 0 aliphatic rings. The van der Waals surface area contributed by atoms with Crippen molar-refractivity contribution in [3.63, 3.8) is 0 Å². The number of rotatable bonds is 7. The monoisotopic (exact) mass is 365 g/mol. The number of halogens is 1. The number of methoxy groups -OCH3 is 1. The lowest BCUT2D eigenvalue weighted by Gasteiger charge is -2.09. The number of benzene rings is 2. The normalized spacial score (nSPS) is 10.3. The van der Waals surface area contributed by atoms with Crippen LogP contribution in [0.15, 0.2) is 66.9 Å². The average Bonchev–Trinajstić information content (AvgIpc) is 2.70. The first-order chi connectivity index (χ1) is 13.2. The predicted molar refractivity (Wildman–Crippen MR) is 104 cm³/mol. The van der Waals surface area contributed by atoms with E-state index in [1.807, 2.05) is 24.3 Å². The van der Waals surface area contributed by atoms with Gasteiger partial charge in [0.05, 0.1) is 12.8 Å². The molecule has 5 nitrogen and oxygen atoms in total. The van der Waals surface area contributed by atoms with E-state index in [1.165, 1.54) is 12.1 Å². The number of hydrogen-bond donors (Lipinski definition) is 2. The zero-order valence-corrected chi connectivity index (χ0v) is 14.9. The van der Waals surface area contributed by atoms with Crippen LogP contribution in [-0.4, -0.2) is 24.5 Å². The number of amides is 1. The smallest absolute Gasteiger partial charge is 0.274 e. The Labute approximate surface area is 157 Å². The molecule has 6 heteroatoms. The van der Waals surface area contributed by atoms with Crippen LogP contribution in [0.5, 0.6) is 5.75 Å². The minimum Gasteiger partial charge on any atom is -0.497 e. The summed E-state index contributed by atoms with van der Waals surface area (Å²) >= 11 is 0. The molecule has 0 aliphatic carbocycles. The van der Waals surface area contributed by atoms with Crippen molar-refractivity contribution in [2.24, 2.45) is 0 Å². The van der Waals surface area contributed by atoms with Crippen molar-refractivity contribution in [2.45, 2.75) is 6.42 Å². The van der Waals surface area contributed by atoms with Gasteiger partial charge in [-0.2, -0.15) is 0 Å². The highest BCUT2D eigenvalue weighted by atomic mass is 19.1. The third-order valence-corrected chi connectivity index (χ3v) is 3.99. The molecule has 0 aliphatic heterocycles. The molecule has 1 heterocycles. The molecular formula is C21H20FN3O2. The molecule has 0 unspecified atom stereocenters. The van der Waals surface area contributed by atoms with Gasteiger partial charge in [0.1, 0.15) is 17.3 Å². The van der Waals surface area contributed by atoms with E-state index < -0.39 is 11.7 Å². The molecule has 138 valence electrons. The fourth-order valence-electron chi connectivity index (χ4n) is 2.59. The fraction of sp³-hybridized carbons (Fsp3) is 0.143. The Hall–Kier alpha value is -3.41. The van der Waals surface area contributed by atoms with Gasteiger partial charge >= 0.3 is 0 Å². The number of carbonyl (C=O) groups is 1. The topological polar surface area (TPSA) is 63.2 Å². The number of ether oxygens (including phenoxy) is 1. The van der Waals surface area contributed by atoms with Crippen molar-refractivity contribution in [2.75, 3.05) is 24.3 Å². The Morgan fingerprint density at radius 2 is 1.96 bits per heavy atom. The van der Waals surface area contributed by atoms with Gasteiger partial charge in [0.2, 0.25) is 0 Å². The molecule has 2 aromatic carbocycles. The van der Waals surface area contributed by atoms with E-state index in [2.05, 4.69) is 15.6 Å². The quantitative estimate of drug-likeness (QED) is 0.661. The Bertz CT molecular complexity index is 931. The number of nitrogens with one attached hydrogen (secondary N) is 2. The fourth-order valence-corrected chi connectivity index (χ4v) is 2.59. The standard InChI is InChI=1S/C21H20FN3O2/c1-27-17-6-4-5-15(13-17)9-11-23-16-10-12-24-20(14-16)21(26)25-19-8-3-2-7-18(19)22/h2-8,10,12-14H,9,11H2,1H3,(H,23,24)(H,25,26). The molecule has 0 saturated heterocycles. The number of nitrogens with zero attached hydrogens (tertiary/aromatic N) is 1. The van der Waals surface area contributed by atoms with Crippen LogP contribution in [0, 0.1) is 5.82 Å². The van der Waals surface area contributed by atoms with Gasteiger partial charge in [-0.25, -0.2) is 4.39 Å². The van der Waals surface area contributed by atoms with E-state index in [0.29, 0.717) is 6.54 Å². The maximum absolute atomic E-state index is 13.7. The van der Waals surface area contributed by atoms with E-state index in [-0.39, 0.29) is 11.4 Å². The van der Waals surface area contributed by atoms with Gasteiger partial charge < -0.3 is 15.4 Å². The van der Waals surface area contributed by atoms with Crippen LogP contribution in [0.4, 0.5) is 15.8 Å². The number of anilines is 2. The number of para-hydroxylation sites is 1. The number of aromatic nitrogens is 1. The van der Waals surface area contributed by atoms with Gasteiger partial charge in [0.15, 0.2) is 0 Å². The van der Waals surface area contributed by atoms with Crippen LogP contribution in [0.2, 0.25) is 0 Å². The third-order valence-electron chi connectivity index (χ3n) is 3.99. The highest BCUT2D eigenvalue weighted by Gasteiger charge is 2.10. The van der Waals surface area contributed by atoms with Crippen LogP contribution < -0.4 is 15.4 Å². The first kappa shape index (κ1) is 18.4. The second-order valence-corrected chi connectivity index (χ2v) is 5.89. The first-order valence-electron chi connectivity index (χ1n) is 8.54. The van der Waals surface area contributed by atoms with Gasteiger partial charge in [0.25, 0.3) is 5.91 Å². The zero-order chi connectivity index (χ0) is 19.1. The number of pyridine rings is 1. The molecule has 2 N–H and O–H groups in total. The summed E-state index contributed by atoms with van der Waals surface area (Å²) in [7, 11) is 1.64. The summed E-state index contributed by atoms with van der Waals surface area (Å²) in [5.41, 5.74) is 2.25. The van der Waals surface area contributed by atoms with Crippen molar-refractivity contribution in [3.05, 3.63) is 83.9 Å². The molecule has 3 rings (SSSR count). The molecule has 0 spiro atoms. The Morgan fingerprint density at radius 3 is 2.78 bits per heavy atom. The molecule has 0 radical (unpaired) electrons. The predicted octanol–water partition coefficient (Wildman–Crippen LogP) is 4.14. The molecule has 0 saturated carbocycles. The largest absolute Gasteiger partial charge is 0.497 e. The minimum absolute atomic E-state index is 0.126. The summed E-state index contributed by atoms with van der Waals surface area (Å²) in [6, 6.07) is 17.3. The molecule has 0 fully saturated rings. The maximum Gasteiger partial charge on any atom is 0.274 e. The van der Waals surface area contributed by atoms with E-state index in [1.54, 1.807) is 37.6 Å².